The molecule has 10 heteroatoms. The lowest BCUT2D eigenvalue weighted by Crippen LogP contribution is -2.49. The zero-order valence-corrected chi connectivity index (χ0v) is 36.1. The van der Waals surface area contributed by atoms with Crippen LogP contribution in [0.25, 0.3) is 0 Å². The molecule has 1 aromatic heterocycles. The number of carbonyl (C=O) groups is 2. The van der Waals surface area contributed by atoms with Gasteiger partial charge in [0, 0.05) is 50.1 Å². The largest absolute Gasteiger partial charge is 0.504 e. The van der Waals surface area contributed by atoms with Crippen molar-refractivity contribution in [3.63, 3.8) is 0 Å². The molecule has 2 saturated carbocycles. The Morgan fingerprint density at radius 3 is 2.62 bits per heavy atom. The number of benzene rings is 1. The SMILES string of the molecule is COc1cc2c(cc1O)[C@@H](CC[C@H](O)[C@H](CCC(C)C)Cc1cc(N)ncc1CC1=CCN=C1)C#C[C@@]1(CC[C@H](CC[C@@H]3CN[C@@H]4CC(=O)CC[C@@H]4C3)C[C@H]1O)C(=O)CC2. The Hall–Kier alpha value is -4.04. The molecule has 3 fully saturated rings. The molecule has 1 spiro atoms. The Bertz CT molecular complexity index is 1980. The van der Waals surface area contributed by atoms with Crippen molar-refractivity contribution < 1.29 is 29.6 Å². The van der Waals surface area contributed by atoms with Crippen LogP contribution in [0.4, 0.5) is 5.82 Å². The molecule has 1 aromatic carbocycles. The number of anilines is 1. The first kappa shape index (κ1) is 44.0. The number of nitrogens with two attached hydrogens (primary N) is 1. The third-order valence-corrected chi connectivity index (χ3v) is 14.7. The first-order chi connectivity index (χ1) is 28.9. The van der Waals surface area contributed by atoms with Gasteiger partial charge < -0.3 is 31.1 Å². The Balaban J connectivity index is 1.08. The van der Waals surface area contributed by atoms with Crippen LogP contribution in [-0.2, 0) is 28.9 Å². The van der Waals surface area contributed by atoms with Crippen molar-refractivity contribution in [3.8, 4) is 23.3 Å². The molecule has 1 saturated heterocycles. The molecule has 60 heavy (non-hydrogen) atoms. The number of ketones is 2. The number of ether oxygens (including phenoxy) is 1. The van der Waals surface area contributed by atoms with E-state index in [-0.39, 0.29) is 29.8 Å². The number of nitrogens with one attached hydrogen (secondary N) is 1. The molecule has 0 radical (unpaired) electrons. The Labute approximate surface area is 357 Å². The summed E-state index contributed by atoms with van der Waals surface area (Å²) >= 11 is 0. The fourth-order valence-electron chi connectivity index (χ4n) is 10.9. The summed E-state index contributed by atoms with van der Waals surface area (Å²) in [4.78, 5) is 35.1. The van der Waals surface area contributed by atoms with Crippen LogP contribution in [0, 0.1) is 46.8 Å². The summed E-state index contributed by atoms with van der Waals surface area (Å²) in [6.07, 6.45) is 16.8. The number of aliphatic hydroxyl groups is 2. The Morgan fingerprint density at radius 1 is 1.02 bits per heavy atom. The lowest BCUT2D eigenvalue weighted by atomic mass is 9.64. The number of phenolic OH excluding ortho intramolecular Hbond substituents is 1. The number of nitrogen functional groups attached to an aromatic ring is 1. The van der Waals surface area contributed by atoms with Gasteiger partial charge in [-0.1, -0.05) is 44.6 Å². The molecule has 3 heterocycles. The number of aliphatic hydroxyl groups excluding tert-OH is 2. The Kier molecular flexibility index (Phi) is 14.5. The summed E-state index contributed by atoms with van der Waals surface area (Å²) in [5, 5.41) is 38.7. The molecule has 10 nitrogen and oxygen atoms in total. The number of aryl methyl sites for hydroxylation is 1. The number of hydrogen-bond donors (Lipinski definition) is 5. The topological polar surface area (TPSA) is 167 Å². The molecule has 6 N–H and O–H groups in total. The molecule has 9 atom stereocenters. The van der Waals surface area contributed by atoms with Gasteiger partial charge in [0.2, 0.25) is 0 Å². The van der Waals surface area contributed by atoms with Gasteiger partial charge in [-0.3, -0.25) is 14.6 Å². The van der Waals surface area contributed by atoms with Gasteiger partial charge in [-0.05, 0) is 153 Å². The highest BCUT2D eigenvalue weighted by molar-refractivity contribution is 5.89. The third kappa shape index (κ3) is 10.5. The van der Waals surface area contributed by atoms with Gasteiger partial charge in [0.05, 0.1) is 25.9 Å². The number of methoxy groups -OCH3 is 1. The smallest absolute Gasteiger partial charge is 0.160 e. The molecule has 7 rings (SSSR count). The summed E-state index contributed by atoms with van der Waals surface area (Å²) < 4.78 is 5.51. The standard InChI is InChI=1S/C50H68N4O6/c1-31(2)4-7-38(23-39-25-49(51)54-30-40(39)21-34-16-19-52-28-34)44(56)12-9-35-15-18-50(47(58)13-10-36-24-46(60-3)45(57)27-42(35)36)17-14-32(22-48(50)59)5-6-33-20-37-8-11-41(55)26-43(37)53-29-33/h16,24-25,27-28,30-33,35,37-38,43-44,48,53,56-57,59H,4-14,17,19-23,26,29H2,1-3H3,(H2,51,54)/t32-,33-,35-,37+,38+,43+,44-,48+,50-/m0/s1. The van der Waals surface area contributed by atoms with Crippen molar-refractivity contribution in [2.75, 3.05) is 25.9 Å². The van der Waals surface area contributed by atoms with Gasteiger partial charge in [0.15, 0.2) is 17.3 Å². The molecule has 0 amide bonds. The highest BCUT2D eigenvalue weighted by Crippen LogP contribution is 2.45. The van der Waals surface area contributed by atoms with Gasteiger partial charge in [0.1, 0.15) is 17.0 Å². The van der Waals surface area contributed by atoms with E-state index in [1.54, 1.807) is 6.07 Å². The lowest BCUT2D eigenvalue weighted by molar-refractivity contribution is -0.134. The number of pyridine rings is 1. The average molecular weight is 821 g/mol. The number of Topliss-reactive ketones (excluding diaryl/α,β-unsaturated/α-hetero) is 2. The van der Waals surface area contributed by atoms with Gasteiger partial charge in [-0.25, -0.2) is 4.98 Å². The second kappa shape index (κ2) is 19.8. The van der Waals surface area contributed by atoms with Crippen LogP contribution in [0.2, 0.25) is 0 Å². The van der Waals surface area contributed by atoms with Gasteiger partial charge in [-0.2, -0.15) is 0 Å². The molecule has 0 bridgehead atoms. The van der Waals surface area contributed by atoms with E-state index in [4.69, 9.17) is 10.5 Å². The van der Waals surface area contributed by atoms with Crippen LogP contribution in [0.3, 0.4) is 0 Å². The van der Waals surface area contributed by atoms with Crippen LogP contribution in [0.15, 0.2) is 41.0 Å². The summed E-state index contributed by atoms with van der Waals surface area (Å²) in [5.74, 6) is 9.69. The number of rotatable bonds is 15. The number of fused-ring (bicyclic) bond motifs is 2. The van der Waals surface area contributed by atoms with Gasteiger partial charge >= 0.3 is 0 Å². The first-order valence-corrected chi connectivity index (χ1v) is 22.9. The van der Waals surface area contributed by atoms with E-state index in [0.29, 0.717) is 105 Å². The summed E-state index contributed by atoms with van der Waals surface area (Å²) in [6.45, 7) is 6.06. The minimum Gasteiger partial charge on any atom is -0.504 e. The molecule has 2 aromatic rings. The van der Waals surface area contributed by atoms with Crippen LogP contribution in [-0.4, -0.2) is 76.5 Å². The van der Waals surface area contributed by atoms with E-state index in [1.165, 1.54) is 7.11 Å². The van der Waals surface area contributed by atoms with Crippen LogP contribution in [0.5, 0.6) is 11.5 Å². The zero-order chi connectivity index (χ0) is 42.4. The molecule has 2 aliphatic heterocycles. The van der Waals surface area contributed by atoms with E-state index < -0.39 is 17.6 Å². The van der Waals surface area contributed by atoms with Gasteiger partial charge in [-0.15, -0.1) is 0 Å². The number of phenols is 1. The number of carbonyl (C=O) groups excluding carboxylic acids is 2. The molecule has 0 unspecified atom stereocenters. The minimum absolute atomic E-state index is 0.0186. The maximum atomic E-state index is 14.3. The van der Waals surface area contributed by atoms with Crippen molar-refractivity contribution in [1.29, 1.82) is 0 Å². The van der Waals surface area contributed by atoms with E-state index >= 15 is 0 Å². The van der Waals surface area contributed by atoms with Crippen molar-refractivity contribution in [2.24, 2.45) is 40.0 Å². The summed E-state index contributed by atoms with van der Waals surface area (Å²) in [5.41, 5.74) is 10.2. The highest BCUT2D eigenvalue weighted by atomic mass is 16.5. The quantitative estimate of drug-likeness (QED) is 0.116. The van der Waals surface area contributed by atoms with Crippen LogP contribution >= 0.6 is 0 Å². The number of aromatic hydroxyl groups is 1. The van der Waals surface area contributed by atoms with Crippen LogP contribution < -0.4 is 15.8 Å². The molecular formula is C50H68N4O6. The third-order valence-electron chi connectivity index (χ3n) is 14.7. The number of nitrogens with zero attached hydrogens (tertiary/aromatic N) is 2. The van der Waals surface area contributed by atoms with Gasteiger partial charge in [0.25, 0.3) is 0 Å². The number of allylic oxidation sites excluding steroid dienone is 1. The zero-order valence-electron chi connectivity index (χ0n) is 36.1. The fourth-order valence-corrected chi connectivity index (χ4v) is 10.9. The Morgan fingerprint density at radius 2 is 1.85 bits per heavy atom. The lowest BCUT2D eigenvalue weighted by Gasteiger charge is -2.42. The normalized spacial score (nSPS) is 28.8. The average Bonchev–Trinajstić information content (AvgIpc) is 3.76. The number of hydrogen-bond acceptors (Lipinski definition) is 10. The van der Waals surface area contributed by atoms with E-state index in [2.05, 4.69) is 47.1 Å². The first-order valence-electron chi connectivity index (χ1n) is 22.9. The second-order valence-corrected chi connectivity index (χ2v) is 19.2. The van der Waals surface area contributed by atoms with Crippen molar-refractivity contribution >= 4 is 23.6 Å². The highest BCUT2D eigenvalue weighted by Gasteiger charge is 2.47. The minimum atomic E-state index is -1.15. The molecule has 324 valence electrons. The predicted octanol–water partition coefficient (Wildman–Crippen LogP) is 7.24. The number of piperidine rings is 1. The second-order valence-electron chi connectivity index (χ2n) is 19.2. The molecule has 5 aliphatic rings. The maximum absolute atomic E-state index is 14.3. The summed E-state index contributed by atoms with van der Waals surface area (Å²) in [7, 11) is 1.52. The monoisotopic (exact) mass is 821 g/mol. The van der Waals surface area contributed by atoms with E-state index in [9.17, 15) is 24.9 Å². The van der Waals surface area contributed by atoms with Crippen molar-refractivity contribution in [3.05, 3.63) is 58.3 Å². The predicted molar refractivity (Wildman–Crippen MR) is 236 cm³/mol. The van der Waals surface area contributed by atoms with Crippen molar-refractivity contribution in [1.82, 2.24) is 10.3 Å². The molecular weight excluding hydrogens is 753 g/mol. The maximum Gasteiger partial charge on any atom is 0.160 e. The summed E-state index contributed by atoms with van der Waals surface area (Å²) in [6, 6.07) is 5.84. The van der Waals surface area contributed by atoms with Crippen LogP contribution in [0.1, 0.15) is 132 Å². The molecule has 3 aliphatic carbocycles. The van der Waals surface area contributed by atoms with Crippen molar-refractivity contribution in [2.45, 2.75) is 147 Å². The fraction of sp³-hybridized carbons (Fsp3) is 0.640. The number of aromatic nitrogens is 1. The van der Waals surface area contributed by atoms with E-state index in [1.807, 2.05) is 24.5 Å². The number of aliphatic imine (C=N–C) groups is 1. The van der Waals surface area contributed by atoms with E-state index in [0.717, 1.165) is 85.7 Å².